The van der Waals surface area contributed by atoms with Gasteiger partial charge < -0.3 is 5.11 Å². The fourth-order valence-corrected chi connectivity index (χ4v) is 2.85. The highest BCUT2D eigenvalue weighted by Crippen LogP contribution is 2.32. The summed E-state index contributed by atoms with van der Waals surface area (Å²) >= 11 is 0. The first-order valence-electron chi connectivity index (χ1n) is 6.81. The number of β-amino-alcohol motifs (C(OH)–C–C–N with tert-alkyl or cyclic N) is 1. The van der Waals surface area contributed by atoms with Crippen LogP contribution < -0.4 is 0 Å². The second-order valence-corrected chi connectivity index (χ2v) is 5.09. The quantitative estimate of drug-likeness (QED) is 0.883. The minimum absolute atomic E-state index is 0.362. The Bertz CT molecular complexity index is 497. The van der Waals surface area contributed by atoms with Gasteiger partial charge in [0.25, 0.3) is 0 Å². The monoisotopic (exact) mass is 257 g/mol. The Morgan fingerprint density at radius 3 is 2.89 bits per heavy atom. The summed E-state index contributed by atoms with van der Waals surface area (Å²) in [7, 11) is 0. The minimum Gasteiger partial charge on any atom is -0.387 e. The Morgan fingerprint density at radius 2 is 2.16 bits per heavy atom. The summed E-state index contributed by atoms with van der Waals surface area (Å²) in [5.41, 5.74) is 2.13. The topological polar surface area (TPSA) is 52.1 Å². The first kappa shape index (κ1) is 12.4. The molecule has 1 aromatic carbocycles. The van der Waals surface area contributed by atoms with Crippen LogP contribution in [-0.2, 0) is 0 Å². The first-order chi connectivity index (χ1) is 9.34. The van der Waals surface area contributed by atoms with Gasteiger partial charge in [0.15, 0.2) is 0 Å². The molecule has 2 N–H and O–H groups in total. The maximum Gasteiger partial charge on any atom is 0.0917 e. The van der Waals surface area contributed by atoms with E-state index in [-0.39, 0.29) is 0 Å². The highest BCUT2D eigenvalue weighted by atomic mass is 16.3. The molecule has 1 saturated heterocycles. The lowest BCUT2D eigenvalue weighted by Gasteiger charge is -2.26. The Balaban J connectivity index is 1.69. The molecule has 4 nitrogen and oxygen atoms in total. The van der Waals surface area contributed by atoms with Crippen LogP contribution >= 0.6 is 0 Å². The smallest absolute Gasteiger partial charge is 0.0917 e. The van der Waals surface area contributed by atoms with E-state index >= 15 is 0 Å². The molecule has 2 atom stereocenters. The lowest BCUT2D eigenvalue weighted by molar-refractivity contribution is 0.105. The van der Waals surface area contributed by atoms with E-state index in [1.165, 1.54) is 6.42 Å². The summed E-state index contributed by atoms with van der Waals surface area (Å²) in [6.45, 7) is 1.71. The van der Waals surface area contributed by atoms with Crippen molar-refractivity contribution in [2.75, 3.05) is 13.1 Å². The maximum atomic E-state index is 10.3. The summed E-state index contributed by atoms with van der Waals surface area (Å²) in [5, 5.41) is 17.4. The predicted octanol–water partition coefficient (Wildman–Crippen LogP) is 2.28. The van der Waals surface area contributed by atoms with Crippen LogP contribution in [-0.4, -0.2) is 33.3 Å². The normalized spacial score (nSPS) is 21.6. The zero-order chi connectivity index (χ0) is 13.1. The van der Waals surface area contributed by atoms with Crippen LogP contribution in [0.5, 0.6) is 0 Å². The molecule has 4 heteroatoms. The van der Waals surface area contributed by atoms with Gasteiger partial charge in [0, 0.05) is 12.7 Å². The van der Waals surface area contributed by atoms with E-state index in [1.807, 2.05) is 36.4 Å². The number of hydrogen-bond acceptors (Lipinski definition) is 3. The van der Waals surface area contributed by atoms with Crippen molar-refractivity contribution in [1.29, 1.82) is 0 Å². The molecule has 3 rings (SSSR count). The van der Waals surface area contributed by atoms with E-state index in [0.717, 1.165) is 24.2 Å². The highest BCUT2D eigenvalue weighted by Gasteiger charge is 2.28. The molecule has 1 unspecified atom stereocenters. The van der Waals surface area contributed by atoms with Crippen LogP contribution in [0, 0.1) is 0 Å². The first-order valence-corrected chi connectivity index (χ1v) is 6.81. The maximum absolute atomic E-state index is 10.3. The molecule has 0 saturated carbocycles. The van der Waals surface area contributed by atoms with Gasteiger partial charge in [-0.05, 0) is 31.0 Å². The lowest BCUT2D eigenvalue weighted by Crippen LogP contribution is -2.28. The van der Waals surface area contributed by atoms with Crippen molar-refractivity contribution < 1.29 is 5.11 Å². The molecule has 0 spiro atoms. The third-order valence-corrected chi connectivity index (χ3v) is 3.84. The molecule has 0 bridgehead atoms. The predicted molar refractivity (Wildman–Crippen MR) is 73.5 cm³/mol. The number of nitrogens with one attached hydrogen (secondary N) is 1. The SMILES string of the molecule is O[C@H](CN1CCCC1c1ccn[nH]1)c1ccccc1. The van der Waals surface area contributed by atoms with Crippen molar-refractivity contribution >= 4 is 0 Å². The second kappa shape index (κ2) is 5.55. The number of aromatic amines is 1. The molecule has 0 aliphatic carbocycles. The molecular weight excluding hydrogens is 238 g/mol. The standard InChI is InChI=1S/C15H19N3O/c19-15(12-5-2-1-3-6-12)11-18-10-4-7-14(18)13-8-9-16-17-13/h1-3,5-6,8-9,14-15,19H,4,7,10-11H2,(H,16,17)/t14?,15-/m1/s1. The number of aromatic nitrogens is 2. The van der Waals surface area contributed by atoms with Gasteiger partial charge in [-0.1, -0.05) is 30.3 Å². The van der Waals surface area contributed by atoms with E-state index in [9.17, 15) is 5.11 Å². The third kappa shape index (κ3) is 2.69. The zero-order valence-electron chi connectivity index (χ0n) is 10.9. The summed E-state index contributed by atoms with van der Waals surface area (Å²) in [6, 6.07) is 12.2. The summed E-state index contributed by atoms with van der Waals surface area (Å²) in [4.78, 5) is 2.34. The lowest BCUT2D eigenvalue weighted by atomic mass is 10.1. The highest BCUT2D eigenvalue weighted by molar-refractivity contribution is 5.18. The fourth-order valence-electron chi connectivity index (χ4n) is 2.85. The molecule has 0 amide bonds. The van der Waals surface area contributed by atoms with E-state index in [4.69, 9.17) is 0 Å². The molecule has 1 aliphatic rings. The van der Waals surface area contributed by atoms with Gasteiger partial charge in [-0.25, -0.2) is 0 Å². The number of nitrogens with zero attached hydrogens (tertiary/aromatic N) is 2. The largest absolute Gasteiger partial charge is 0.387 e. The van der Waals surface area contributed by atoms with Crippen molar-refractivity contribution in [3.8, 4) is 0 Å². The van der Waals surface area contributed by atoms with Crippen molar-refractivity contribution in [2.24, 2.45) is 0 Å². The number of likely N-dealkylation sites (tertiary alicyclic amines) is 1. The summed E-state index contributed by atoms with van der Waals surface area (Å²) < 4.78 is 0. The number of H-pyrrole nitrogens is 1. The Labute approximate surface area is 113 Å². The van der Waals surface area contributed by atoms with Crippen molar-refractivity contribution in [1.82, 2.24) is 15.1 Å². The molecule has 1 aromatic heterocycles. The Hall–Kier alpha value is -1.65. The van der Waals surface area contributed by atoms with Crippen molar-refractivity contribution in [2.45, 2.75) is 25.0 Å². The number of rotatable bonds is 4. The van der Waals surface area contributed by atoms with Crippen LogP contribution in [0.2, 0.25) is 0 Å². The molecule has 1 fully saturated rings. The van der Waals surface area contributed by atoms with Crippen LogP contribution in [0.4, 0.5) is 0 Å². The number of aliphatic hydroxyl groups excluding tert-OH is 1. The Kier molecular flexibility index (Phi) is 3.62. The van der Waals surface area contributed by atoms with Crippen LogP contribution in [0.25, 0.3) is 0 Å². The second-order valence-electron chi connectivity index (χ2n) is 5.09. The van der Waals surface area contributed by atoms with Crippen molar-refractivity contribution in [3.63, 3.8) is 0 Å². The third-order valence-electron chi connectivity index (χ3n) is 3.84. The molecule has 0 radical (unpaired) electrons. The van der Waals surface area contributed by atoms with Gasteiger partial charge in [-0.3, -0.25) is 10.00 Å². The van der Waals surface area contributed by atoms with Gasteiger partial charge in [-0.2, -0.15) is 5.10 Å². The average Bonchev–Trinajstić information content (AvgIpc) is 3.10. The summed E-state index contributed by atoms with van der Waals surface area (Å²) in [5.74, 6) is 0. The molecule has 1 aliphatic heterocycles. The molecule has 100 valence electrons. The van der Waals surface area contributed by atoms with E-state index in [1.54, 1.807) is 6.20 Å². The number of aliphatic hydroxyl groups is 1. The van der Waals surface area contributed by atoms with E-state index in [2.05, 4.69) is 15.1 Å². The van der Waals surface area contributed by atoms with E-state index < -0.39 is 6.10 Å². The van der Waals surface area contributed by atoms with Gasteiger partial charge in [-0.15, -0.1) is 0 Å². The molecule has 19 heavy (non-hydrogen) atoms. The average molecular weight is 257 g/mol. The van der Waals surface area contributed by atoms with Gasteiger partial charge in [0.05, 0.1) is 17.8 Å². The van der Waals surface area contributed by atoms with Crippen LogP contribution in [0.3, 0.4) is 0 Å². The molecular formula is C15H19N3O. The van der Waals surface area contributed by atoms with Crippen LogP contribution in [0.15, 0.2) is 42.6 Å². The summed E-state index contributed by atoms with van der Waals surface area (Å²) in [6.07, 6.45) is 3.67. The zero-order valence-corrected chi connectivity index (χ0v) is 10.9. The number of hydrogen-bond donors (Lipinski definition) is 2. The molecule has 2 heterocycles. The minimum atomic E-state index is -0.426. The van der Waals surface area contributed by atoms with E-state index in [0.29, 0.717) is 12.6 Å². The number of benzene rings is 1. The fraction of sp³-hybridized carbons (Fsp3) is 0.400. The Morgan fingerprint density at radius 1 is 1.32 bits per heavy atom. The molecule has 2 aromatic rings. The van der Waals surface area contributed by atoms with Gasteiger partial charge in [0.1, 0.15) is 0 Å². The van der Waals surface area contributed by atoms with Crippen molar-refractivity contribution in [3.05, 3.63) is 53.9 Å². The van der Waals surface area contributed by atoms with Gasteiger partial charge in [0.2, 0.25) is 0 Å². The van der Waals surface area contributed by atoms with Crippen LogP contribution in [0.1, 0.15) is 36.2 Å². The van der Waals surface area contributed by atoms with Gasteiger partial charge >= 0.3 is 0 Å².